The maximum Gasteiger partial charge on any atom is 0.164 e. The fourth-order valence-electron chi connectivity index (χ4n) is 9.45. The predicted octanol–water partition coefficient (Wildman–Crippen LogP) is 14.1. The number of hydrogen-bond acceptors (Lipinski definition) is 4. The van der Waals surface area contributed by atoms with E-state index in [9.17, 15) is 0 Å². The van der Waals surface area contributed by atoms with Gasteiger partial charge in [0.15, 0.2) is 17.5 Å². The molecule has 6 nitrogen and oxygen atoms in total. The average Bonchev–Trinajstić information content (AvgIpc) is 3.98. The molecule has 4 aromatic heterocycles. The molecule has 0 amide bonds. The lowest BCUT2D eigenvalue weighted by atomic mass is 9.98. The Bertz CT molecular complexity index is 3810. The van der Waals surface area contributed by atoms with Gasteiger partial charge in [-0.3, -0.25) is 0 Å². The summed E-state index contributed by atoms with van der Waals surface area (Å²) in [5.41, 5.74) is 11.2. The van der Waals surface area contributed by atoms with Gasteiger partial charge in [0, 0.05) is 60.4 Å². The van der Waals surface area contributed by atoms with Gasteiger partial charge in [-0.1, -0.05) is 140 Å². The molecular weight excluding hydrogens is 747 g/mol. The van der Waals surface area contributed by atoms with Crippen molar-refractivity contribution in [2.75, 3.05) is 0 Å². The van der Waals surface area contributed by atoms with E-state index in [2.05, 4.69) is 149 Å². The monoisotopic (exact) mass is 779 g/mol. The van der Waals surface area contributed by atoms with E-state index in [0.717, 1.165) is 71.8 Å². The third kappa shape index (κ3) is 5.12. The van der Waals surface area contributed by atoms with E-state index in [1.54, 1.807) is 0 Å². The Labute approximate surface area is 349 Å². The second-order valence-corrected chi connectivity index (χ2v) is 15.6. The fourth-order valence-corrected chi connectivity index (χ4v) is 9.45. The van der Waals surface area contributed by atoms with E-state index in [1.807, 2.05) is 60.7 Å². The highest BCUT2D eigenvalue weighted by molar-refractivity contribution is 6.23. The van der Waals surface area contributed by atoms with Gasteiger partial charge in [-0.05, 0) is 71.4 Å². The molecule has 0 saturated carbocycles. The molecule has 0 unspecified atom stereocenters. The average molecular weight is 780 g/mol. The molecule has 4 heterocycles. The molecule has 6 heteroatoms. The van der Waals surface area contributed by atoms with Gasteiger partial charge in [0.1, 0.15) is 11.2 Å². The maximum atomic E-state index is 6.77. The van der Waals surface area contributed by atoms with Crippen molar-refractivity contribution < 1.29 is 4.42 Å². The van der Waals surface area contributed by atoms with Crippen LogP contribution >= 0.6 is 0 Å². The summed E-state index contributed by atoms with van der Waals surface area (Å²) in [6.45, 7) is 0. The Hall–Kier alpha value is -8.35. The molecule has 0 fully saturated rings. The highest BCUT2D eigenvalue weighted by Crippen LogP contribution is 2.43. The smallest absolute Gasteiger partial charge is 0.164 e. The van der Waals surface area contributed by atoms with Crippen molar-refractivity contribution in [3.63, 3.8) is 0 Å². The van der Waals surface area contributed by atoms with Gasteiger partial charge >= 0.3 is 0 Å². The van der Waals surface area contributed by atoms with E-state index in [4.69, 9.17) is 19.4 Å². The Morgan fingerprint density at radius 1 is 0.311 bits per heavy atom. The van der Waals surface area contributed by atoms with Crippen LogP contribution in [-0.4, -0.2) is 24.1 Å². The molecule has 61 heavy (non-hydrogen) atoms. The van der Waals surface area contributed by atoms with Crippen LogP contribution in [0, 0.1) is 0 Å². The molecule has 13 rings (SSSR count). The van der Waals surface area contributed by atoms with Crippen LogP contribution in [0.1, 0.15) is 0 Å². The normalized spacial score (nSPS) is 11.9. The van der Waals surface area contributed by atoms with Gasteiger partial charge in [0.2, 0.25) is 0 Å². The Morgan fingerprint density at radius 3 is 1.44 bits per heavy atom. The summed E-state index contributed by atoms with van der Waals surface area (Å²) >= 11 is 0. The summed E-state index contributed by atoms with van der Waals surface area (Å²) in [6, 6.07) is 70.3. The van der Waals surface area contributed by atoms with Crippen molar-refractivity contribution in [1.82, 2.24) is 24.1 Å². The van der Waals surface area contributed by atoms with E-state index in [1.165, 1.54) is 32.6 Å². The molecule has 0 radical (unpaired) electrons. The third-order valence-corrected chi connectivity index (χ3v) is 12.1. The highest BCUT2D eigenvalue weighted by atomic mass is 16.3. The van der Waals surface area contributed by atoms with Gasteiger partial charge < -0.3 is 13.6 Å². The Morgan fingerprint density at radius 2 is 0.820 bits per heavy atom. The predicted molar refractivity (Wildman–Crippen MR) is 250 cm³/mol. The Kier molecular flexibility index (Phi) is 7.21. The minimum atomic E-state index is 0.594. The number of aromatic nitrogens is 5. The zero-order valence-corrected chi connectivity index (χ0v) is 32.7. The summed E-state index contributed by atoms with van der Waals surface area (Å²) in [5, 5.41) is 9.13. The molecular formula is C55H33N5O. The number of nitrogens with zero attached hydrogens (tertiary/aromatic N) is 5. The molecule has 13 aromatic rings. The van der Waals surface area contributed by atoms with Gasteiger partial charge in [-0.2, -0.15) is 0 Å². The first kappa shape index (κ1) is 33.6. The fraction of sp³-hybridized carbons (Fsp3) is 0. The molecule has 0 aliphatic carbocycles. The number of furan rings is 1. The van der Waals surface area contributed by atoms with Crippen molar-refractivity contribution in [3.8, 4) is 45.5 Å². The van der Waals surface area contributed by atoms with Crippen molar-refractivity contribution >= 4 is 76.3 Å². The summed E-state index contributed by atoms with van der Waals surface area (Å²) in [5.74, 6) is 1.84. The van der Waals surface area contributed by atoms with Crippen LogP contribution in [-0.2, 0) is 0 Å². The van der Waals surface area contributed by atoms with E-state index >= 15 is 0 Å². The highest BCUT2D eigenvalue weighted by Gasteiger charge is 2.22. The first-order chi connectivity index (χ1) is 30.2. The van der Waals surface area contributed by atoms with Crippen LogP contribution in [0.3, 0.4) is 0 Å². The van der Waals surface area contributed by atoms with Crippen LogP contribution < -0.4 is 0 Å². The van der Waals surface area contributed by atoms with Crippen LogP contribution in [0.4, 0.5) is 0 Å². The van der Waals surface area contributed by atoms with Crippen molar-refractivity contribution in [2.24, 2.45) is 0 Å². The maximum absolute atomic E-state index is 6.77. The number of hydrogen-bond donors (Lipinski definition) is 0. The summed E-state index contributed by atoms with van der Waals surface area (Å²) in [6.07, 6.45) is 0. The topological polar surface area (TPSA) is 61.7 Å². The second-order valence-electron chi connectivity index (χ2n) is 15.6. The first-order valence-corrected chi connectivity index (χ1v) is 20.5. The number of rotatable bonds is 5. The molecule has 0 spiro atoms. The second kappa shape index (κ2) is 13.1. The van der Waals surface area contributed by atoms with E-state index in [-0.39, 0.29) is 0 Å². The van der Waals surface area contributed by atoms with Crippen LogP contribution in [0.2, 0.25) is 0 Å². The van der Waals surface area contributed by atoms with E-state index in [0.29, 0.717) is 17.5 Å². The van der Waals surface area contributed by atoms with E-state index < -0.39 is 0 Å². The van der Waals surface area contributed by atoms with Crippen molar-refractivity contribution in [2.45, 2.75) is 0 Å². The Balaban J connectivity index is 1.05. The molecule has 9 aromatic carbocycles. The third-order valence-electron chi connectivity index (χ3n) is 12.1. The van der Waals surface area contributed by atoms with Crippen LogP contribution in [0.25, 0.3) is 122 Å². The molecule has 0 aliphatic rings. The zero-order valence-electron chi connectivity index (χ0n) is 32.7. The summed E-state index contributed by atoms with van der Waals surface area (Å²) in [4.78, 5) is 15.2. The van der Waals surface area contributed by atoms with Gasteiger partial charge in [-0.15, -0.1) is 0 Å². The van der Waals surface area contributed by atoms with Gasteiger partial charge in [-0.25, -0.2) is 15.0 Å². The molecule has 0 atom stereocenters. The quantitative estimate of drug-likeness (QED) is 0.175. The minimum Gasteiger partial charge on any atom is -0.456 e. The lowest BCUT2D eigenvalue weighted by Gasteiger charge is -2.11. The van der Waals surface area contributed by atoms with Crippen LogP contribution in [0.5, 0.6) is 0 Å². The number of fused-ring (bicyclic) bond motifs is 11. The minimum absolute atomic E-state index is 0.594. The van der Waals surface area contributed by atoms with Crippen molar-refractivity contribution in [3.05, 3.63) is 200 Å². The zero-order chi connectivity index (χ0) is 40.0. The van der Waals surface area contributed by atoms with Crippen molar-refractivity contribution in [1.29, 1.82) is 0 Å². The first-order valence-electron chi connectivity index (χ1n) is 20.5. The number of para-hydroxylation sites is 3. The summed E-state index contributed by atoms with van der Waals surface area (Å²) < 4.78 is 11.6. The summed E-state index contributed by atoms with van der Waals surface area (Å²) in [7, 11) is 0. The molecule has 284 valence electrons. The lowest BCUT2D eigenvalue weighted by Crippen LogP contribution is -2.00. The number of benzene rings is 9. The van der Waals surface area contributed by atoms with Gasteiger partial charge in [0.25, 0.3) is 0 Å². The van der Waals surface area contributed by atoms with Crippen LogP contribution in [0.15, 0.2) is 205 Å². The standard InChI is InChI=1S/C55H33N5O/c1-4-16-34(17-5-1)53-56-54(35-18-6-2-7-19-35)58-55(57-53)44-32-51-52(41-25-11-10-22-38(41)44)45-30-37(28-29-50(45)61-51)60-47-27-15-13-24-40(47)43-31-42-39-23-12-14-26-46(39)59(48(42)33-49(43)60)36-20-8-3-9-21-36/h1-33H. The molecule has 0 bridgehead atoms. The molecule has 0 saturated heterocycles. The lowest BCUT2D eigenvalue weighted by molar-refractivity contribution is 0.669. The van der Waals surface area contributed by atoms with Gasteiger partial charge in [0.05, 0.1) is 22.1 Å². The molecule has 0 N–H and O–H groups in total. The molecule has 0 aliphatic heterocycles. The largest absolute Gasteiger partial charge is 0.456 e. The SMILES string of the molecule is c1ccc(-c2nc(-c3ccccc3)nc(-c3cc4oc5ccc(-n6c7ccccc7c7cc8c9ccccc9n(-c9ccccc9)c8cc76)cc5c4c4ccccc34)n2)cc1.